The Morgan fingerprint density at radius 1 is 1.32 bits per heavy atom. The van der Waals surface area contributed by atoms with Crippen molar-refractivity contribution >= 4 is 0 Å². The number of likely N-dealkylation sites (tertiary alicyclic amines) is 1. The lowest BCUT2D eigenvalue weighted by atomic mass is 9.92. The van der Waals surface area contributed by atoms with Gasteiger partial charge >= 0.3 is 0 Å². The molecule has 0 saturated carbocycles. The van der Waals surface area contributed by atoms with Gasteiger partial charge in [-0.15, -0.1) is 5.10 Å². The number of hydrogen-bond donors (Lipinski definition) is 1. The van der Waals surface area contributed by atoms with Crippen molar-refractivity contribution in [3.8, 4) is 0 Å². The molecule has 2 rings (SSSR count). The number of rotatable bonds is 7. The van der Waals surface area contributed by atoms with Gasteiger partial charge in [-0.25, -0.2) is 0 Å². The summed E-state index contributed by atoms with van der Waals surface area (Å²) in [7, 11) is 1.93. The van der Waals surface area contributed by atoms with Crippen molar-refractivity contribution in [1.82, 2.24) is 25.2 Å². The molecule has 19 heavy (non-hydrogen) atoms. The van der Waals surface area contributed by atoms with Crippen molar-refractivity contribution in [1.29, 1.82) is 0 Å². The van der Waals surface area contributed by atoms with E-state index in [9.17, 15) is 0 Å². The van der Waals surface area contributed by atoms with Crippen molar-refractivity contribution in [2.45, 2.75) is 45.7 Å². The van der Waals surface area contributed by atoms with Crippen LogP contribution < -0.4 is 5.32 Å². The van der Waals surface area contributed by atoms with Gasteiger partial charge < -0.3 is 10.2 Å². The number of nitrogens with one attached hydrogen (secondary N) is 1. The Morgan fingerprint density at radius 2 is 2.11 bits per heavy atom. The largest absolute Gasteiger partial charge is 0.314 e. The summed E-state index contributed by atoms with van der Waals surface area (Å²) in [6, 6.07) is 0. The molecule has 0 unspecified atom stereocenters. The van der Waals surface area contributed by atoms with Crippen molar-refractivity contribution in [3.63, 3.8) is 0 Å². The van der Waals surface area contributed by atoms with E-state index < -0.39 is 0 Å². The molecular formula is C14H27N5. The van der Waals surface area contributed by atoms with Crippen LogP contribution in [0.4, 0.5) is 0 Å². The van der Waals surface area contributed by atoms with Gasteiger partial charge in [-0.3, -0.25) is 4.68 Å². The van der Waals surface area contributed by atoms with Crippen LogP contribution in [0.15, 0.2) is 6.20 Å². The van der Waals surface area contributed by atoms with Crippen LogP contribution in [0.5, 0.6) is 0 Å². The van der Waals surface area contributed by atoms with Crippen molar-refractivity contribution < 1.29 is 0 Å². The van der Waals surface area contributed by atoms with E-state index >= 15 is 0 Å². The molecular weight excluding hydrogens is 238 g/mol. The Labute approximate surface area is 116 Å². The Bertz CT molecular complexity index is 354. The van der Waals surface area contributed by atoms with E-state index in [0.29, 0.717) is 0 Å². The molecule has 5 nitrogen and oxygen atoms in total. The maximum absolute atomic E-state index is 4.16. The molecule has 2 heterocycles. The average Bonchev–Trinajstić information content (AvgIpc) is 2.87. The van der Waals surface area contributed by atoms with Crippen LogP contribution in [-0.4, -0.2) is 46.6 Å². The molecule has 0 amide bonds. The van der Waals surface area contributed by atoms with E-state index in [2.05, 4.69) is 27.5 Å². The molecule has 0 atom stereocenters. The summed E-state index contributed by atoms with van der Waals surface area (Å²) >= 11 is 0. The molecule has 1 aromatic heterocycles. The van der Waals surface area contributed by atoms with E-state index in [1.54, 1.807) is 0 Å². The minimum atomic E-state index is 0.794. The van der Waals surface area contributed by atoms with Gasteiger partial charge in [0.2, 0.25) is 0 Å². The van der Waals surface area contributed by atoms with Gasteiger partial charge in [-0.1, -0.05) is 25.0 Å². The standard InChI is InChI=1S/C14H27N5/c1-3-4-13-5-7-18(8-6-13)9-10-19-12-14(11-15-2)16-17-19/h12-13,15H,3-11H2,1-2H3. The molecule has 0 aromatic carbocycles. The Kier molecular flexibility index (Phi) is 5.79. The zero-order valence-corrected chi connectivity index (χ0v) is 12.3. The van der Waals surface area contributed by atoms with Gasteiger partial charge in [0, 0.05) is 19.3 Å². The minimum absolute atomic E-state index is 0.794. The van der Waals surface area contributed by atoms with Gasteiger partial charge in [-0.2, -0.15) is 0 Å². The maximum Gasteiger partial charge on any atom is 0.0964 e. The van der Waals surface area contributed by atoms with Gasteiger partial charge in [0.15, 0.2) is 0 Å². The van der Waals surface area contributed by atoms with E-state index in [1.807, 2.05) is 17.9 Å². The summed E-state index contributed by atoms with van der Waals surface area (Å²) in [5.74, 6) is 0.967. The summed E-state index contributed by atoms with van der Waals surface area (Å²) in [5.41, 5.74) is 1.02. The quantitative estimate of drug-likeness (QED) is 0.812. The molecule has 1 aliphatic heterocycles. The monoisotopic (exact) mass is 265 g/mol. The van der Waals surface area contributed by atoms with Gasteiger partial charge in [0.25, 0.3) is 0 Å². The van der Waals surface area contributed by atoms with Crippen LogP contribution in [0.2, 0.25) is 0 Å². The predicted octanol–water partition coefficient (Wildman–Crippen LogP) is 1.51. The van der Waals surface area contributed by atoms with E-state index in [0.717, 1.165) is 31.2 Å². The van der Waals surface area contributed by atoms with E-state index in [4.69, 9.17) is 0 Å². The summed E-state index contributed by atoms with van der Waals surface area (Å²) in [4.78, 5) is 2.56. The molecule has 0 radical (unpaired) electrons. The highest BCUT2D eigenvalue weighted by Crippen LogP contribution is 2.21. The Hall–Kier alpha value is -0.940. The van der Waals surface area contributed by atoms with E-state index in [-0.39, 0.29) is 0 Å². The molecule has 1 saturated heterocycles. The first-order valence-electron chi connectivity index (χ1n) is 7.57. The summed E-state index contributed by atoms with van der Waals surface area (Å²) in [6.07, 6.45) is 7.52. The Morgan fingerprint density at radius 3 is 2.79 bits per heavy atom. The smallest absolute Gasteiger partial charge is 0.0964 e. The molecule has 108 valence electrons. The molecule has 0 spiro atoms. The number of aromatic nitrogens is 3. The highest BCUT2D eigenvalue weighted by Gasteiger charge is 2.18. The summed E-state index contributed by atoms with van der Waals surface area (Å²) in [6.45, 7) is 7.64. The SMILES string of the molecule is CCCC1CCN(CCn2cc(CNC)nn2)CC1. The molecule has 1 N–H and O–H groups in total. The number of nitrogens with zero attached hydrogens (tertiary/aromatic N) is 4. The maximum atomic E-state index is 4.16. The lowest BCUT2D eigenvalue weighted by molar-refractivity contribution is 0.171. The van der Waals surface area contributed by atoms with Gasteiger partial charge in [0.05, 0.1) is 12.2 Å². The third-order valence-electron chi connectivity index (χ3n) is 3.99. The topological polar surface area (TPSA) is 46.0 Å². The van der Waals surface area contributed by atoms with Gasteiger partial charge in [0.1, 0.15) is 0 Å². The lowest BCUT2D eigenvalue weighted by Crippen LogP contribution is -2.35. The van der Waals surface area contributed by atoms with Crippen LogP contribution in [0, 0.1) is 5.92 Å². The van der Waals surface area contributed by atoms with Crippen LogP contribution >= 0.6 is 0 Å². The van der Waals surface area contributed by atoms with Crippen molar-refractivity contribution in [2.75, 3.05) is 26.7 Å². The number of hydrogen-bond acceptors (Lipinski definition) is 4. The third kappa shape index (κ3) is 4.58. The summed E-state index contributed by atoms with van der Waals surface area (Å²) in [5, 5.41) is 11.4. The zero-order chi connectivity index (χ0) is 13.5. The first-order valence-corrected chi connectivity index (χ1v) is 7.57. The third-order valence-corrected chi connectivity index (χ3v) is 3.99. The van der Waals surface area contributed by atoms with Crippen molar-refractivity contribution in [2.24, 2.45) is 5.92 Å². The van der Waals surface area contributed by atoms with E-state index in [1.165, 1.54) is 38.8 Å². The molecule has 1 aliphatic rings. The van der Waals surface area contributed by atoms with Crippen molar-refractivity contribution in [3.05, 3.63) is 11.9 Å². The normalized spacial score (nSPS) is 18.0. The molecule has 1 aromatic rings. The minimum Gasteiger partial charge on any atom is -0.314 e. The first kappa shape index (κ1) is 14.5. The second kappa shape index (κ2) is 7.60. The Balaban J connectivity index is 1.68. The second-order valence-electron chi connectivity index (χ2n) is 5.58. The second-order valence-corrected chi connectivity index (χ2v) is 5.58. The highest BCUT2D eigenvalue weighted by molar-refractivity contribution is 4.91. The first-order chi connectivity index (χ1) is 9.31. The molecule has 1 fully saturated rings. The fourth-order valence-corrected chi connectivity index (χ4v) is 2.86. The molecule has 0 aliphatic carbocycles. The average molecular weight is 265 g/mol. The van der Waals surface area contributed by atoms with Crippen LogP contribution in [0.1, 0.15) is 38.3 Å². The van der Waals surface area contributed by atoms with Crippen LogP contribution in [0.3, 0.4) is 0 Å². The fraction of sp³-hybridized carbons (Fsp3) is 0.857. The fourth-order valence-electron chi connectivity index (χ4n) is 2.86. The number of piperidine rings is 1. The van der Waals surface area contributed by atoms with Crippen LogP contribution in [-0.2, 0) is 13.1 Å². The zero-order valence-electron chi connectivity index (χ0n) is 12.3. The molecule has 5 heteroatoms. The lowest BCUT2D eigenvalue weighted by Gasteiger charge is -2.31. The summed E-state index contributed by atoms with van der Waals surface area (Å²) < 4.78 is 1.96. The van der Waals surface area contributed by atoms with Crippen LogP contribution in [0.25, 0.3) is 0 Å². The molecule has 0 bridgehead atoms. The predicted molar refractivity (Wildman–Crippen MR) is 76.9 cm³/mol. The van der Waals surface area contributed by atoms with Gasteiger partial charge in [-0.05, 0) is 38.9 Å². The highest BCUT2D eigenvalue weighted by atomic mass is 15.4.